The fourth-order valence-corrected chi connectivity index (χ4v) is 5.43. The molecule has 41 heavy (non-hydrogen) atoms. The molecule has 4 rings (SSSR count). The Morgan fingerprint density at radius 1 is 0.805 bits per heavy atom. The molecule has 1 saturated carbocycles. The quantitative estimate of drug-likeness (QED) is 0.178. The smallest absolute Gasteiger partial charge is 0.311 e. The number of hydrogen-bond donors (Lipinski definition) is 1. The molecule has 0 heterocycles. The van der Waals surface area contributed by atoms with E-state index in [1.54, 1.807) is 0 Å². The van der Waals surface area contributed by atoms with Crippen molar-refractivity contribution >= 4 is 17.8 Å². The van der Waals surface area contributed by atoms with Crippen LogP contribution < -0.4 is 5.32 Å². The number of rotatable bonds is 14. The highest BCUT2D eigenvalue weighted by Gasteiger charge is 2.43. The molecule has 1 aliphatic rings. The summed E-state index contributed by atoms with van der Waals surface area (Å²) in [4.78, 5) is 39.4. The maximum Gasteiger partial charge on any atom is 0.311 e. The lowest BCUT2D eigenvalue weighted by Gasteiger charge is -2.28. The fourth-order valence-electron chi connectivity index (χ4n) is 5.43. The van der Waals surface area contributed by atoms with E-state index in [4.69, 9.17) is 9.47 Å². The molecule has 216 valence electrons. The maximum atomic E-state index is 13.5. The van der Waals surface area contributed by atoms with Gasteiger partial charge in [-0.15, -0.1) is 0 Å². The number of carbonyl (C=O) groups is 3. The molecule has 1 atom stereocenters. The van der Waals surface area contributed by atoms with E-state index in [0.717, 1.165) is 47.9 Å². The van der Waals surface area contributed by atoms with Crippen LogP contribution in [0, 0.1) is 11.3 Å². The van der Waals surface area contributed by atoms with Crippen molar-refractivity contribution in [1.82, 2.24) is 5.32 Å². The SMILES string of the molecule is CCCCOC(=O)CC1(C(=O)NCC(Cc2ccc(-c3ccccc3)cc2)C(=O)OCc2ccccc2)CCCC1. The molecule has 1 aliphatic carbocycles. The molecule has 6 heteroatoms. The Balaban J connectivity index is 1.43. The van der Waals surface area contributed by atoms with Gasteiger partial charge < -0.3 is 14.8 Å². The third-order valence-electron chi connectivity index (χ3n) is 7.90. The highest BCUT2D eigenvalue weighted by molar-refractivity contribution is 5.88. The molecule has 0 bridgehead atoms. The molecule has 0 saturated heterocycles. The molecule has 0 aliphatic heterocycles. The predicted octanol–water partition coefficient (Wildman–Crippen LogP) is 6.67. The minimum absolute atomic E-state index is 0.0760. The molecule has 3 aromatic rings. The van der Waals surface area contributed by atoms with E-state index < -0.39 is 11.3 Å². The first-order valence-corrected chi connectivity index (χ1v) is 14.8. The van der Waals surface area contributed by atoms with Crippen molar-refractivity contribution in [2.75, 3.05) is 13.2 Å². The van der Waals surface area contributed by atoms with E-state index in [0.29, 0.717) is 25.9 Å². The summed E-state index contributed by atoms with van der Waals surface area (Å²) >= 11 is 0. The van der Waals surface area contributed by atoms with Gasteiger partial charge in [-0.3, -0.25) is 14.4 Å². The number of carbonyl (C=O) groups excluding carboxylic acids is 3. The van der Waals surface area contributed by atoms with Crippen molar-refractivity contribution < 1.29 is 23.9 Å². The zero-order chi connectivity index (χ0) is 28.9. The van der Waals surface area contributed by atoms with E-state index in [1.807, 2.05) is 79.7 Å². The lowest BCUT2D eigenvalue weighted by Crippen LogP contribution is -2.44. The molecule has 6 nitrogen and oxygen atoms in total. The Hall–Kier alpha value is -3.93. The lowest BCUT2D eigenvalue weighted by molar-refractivity contribution is -0.152. The van der Waals surface area contributed by atoms with Gasteiger partial charge in [-0.05, 0) is 47.9 Å². The number of amides is 1. The van der Waals surface area contributed by atoms with Crippen molar-refractivity contribution in [2.45, 2.75) is 64.9 Å². The van der Waals surface area contributed by atoms with Crippen LogP contribution in [0.4, 0.5) is 0 Å². The number of esters is 2. The van der Waals surface area contributed by atoms with Crippen LogP contribution in [0.25, 0.3) is 11.1 Å². The van der Waals surface area contributed by atoms with E-state index in [2.05, 4.69) is 17.4 Å². The van der Waals surface area contributed by atoms with Crippen molar-refractivity contribution in [3.8, 4) is 11.1 Å². The highest BCUT2D eigenvalue weighted by Crippen LogP contribution is 2.41. The average molecular weight is 556 g/mol. The van der Waals surface area contributed by atoms with Gasteiger partial charge in [-0.2, -0.15) is 0 Å². The van der Waals surface area contributed by atoms with Crippen LogP contribution in [0.2, 0.25) is 0 Å². The van der Waals surface area contributed by atoms with Gasteiger partial charge >= 0.3 is 11.9 Å². The number of unbranched alkanes of at least 4 members (excludes halogenated alkanes) is 1. The van der Waals surface area contributed by atoms with E-state index in [1.165, 1.54) is 0 Å². The summed E-state index contributed by atoms with van der Waals surface area (Å²) in [7, 11) is 0. The second kappa shape index (κ2) is 15.2. The van der Waals surface area contributed by atoms with Crippen LogP contribution in [0.15, 0.2) is 84.9 Å². The standard InChI is InChI=1S/C35H41NO5/c1-2-3-22-40-32(37)24-35(20-10-11-21-35)34(39)36-25-31(33(38)41-26-28-12-6-4-7-13-28)23-27-16-18-30(19-17-27)29-14-8-5-9-15-29/h4-9,12-19,31H,2-3,10-11,20-26H2,1H3,(H,36,39). The Bertz CT molecular complexity index is 1250. The van der Waals surface area contributed by atoms with Crippen molar-refractivity contribution in [3.63, 3.8) is 0 Å². The predicted molar refractivity (Wildman–Crippen MR) is 160 cm³/mol. The Morgan fingerprint density at radius 2 is 1.44 bits per heavy atom. The van der Waals surface area contributed by atoms with Crippen molar-refractivity contribution in [2.24, 2.45) is 11.3 Å². The third kappa shape index (κ3) is 8.78. The summed E-state index contributed by atoms with van der Waals surface area (Å²) in [6.45, 7) is 2.73. The number of ether oxygens (including phenoxy) is 2. The molecule has 1 N–H and O–H groups in total. The van der Waals surface area contributed by atoms with Crippen LogP contribution in [0.3, 0.4) is 0 Å². The van der Waals surface area contributed by atoms with Crippen LogP contribution in [0.5, 0.6) is 0 Å². The van der Waals surface area contributed by atoms with Gasteiger partial charge in [-0.1, -0.05) is 111 Å². The average Bonchev–Trinajstić information content (AvgIpc) is 3.49. The minimum atomic E-state index is -0.779. The topological polar surface area (TPSA) is 81.7 Å². The summed E-state index contributed by atoms with van der Waals surface area (Å²) in [5.41, 5.74) is 3.33. The molecule has 0 aromatic heterocycles. The summed E-state index contributed by atoms with van der Waals surface area (Å²) in [6, 6.07) is 27.8. The van der Waals surface area contributed by atoms with E-state index in [9.17, 15) is 14.4 Å². The zero-order valence-electron chi connectivity index (χ0n) is 24.0. The van der Waals surface area contributed by atoms with Gasteiger partial charge in [0.25, 0.3) is 0 Å². The summed E-state index contributed by atoms with van der Waals surface area (Å²) < 4.78 is 11.1. The second-order valence-corrected chi connectivity index (χ2v) is 11.0. The van der Waals surface area contributed by atoms with Crippen molar-refractivity contribution in [3.05, 3.63) is 96.1 Å². The van der Waals surface area contributed by atoms with Crippen molar-refractivity contribution in [1.29, 1.82) is 0 Å². The number of hydrogen-bond acceptors (Lipinski definition) is 5. The highest BCUT2D eigenvalue weighted by atomic mass is 16.5. The molecular formula is C35H41NO5. The molecule has 0 radical (unpaired) electrons. The van der Waals surface area contributed by atoms with Gasteiger partial charge in [0, 0.05) is 6.54 Å². The van der Waals surface area contributed by atoms with Gasteiger partial charge in [-0.25, -0.2) is 0 Å². The van der Waals surface area contributed by atoms with Crippen LogP contribution in [-0.4, -0.2) is 31.0 Å². The molecule has 1 unspecified atom stereocenters. The van der Waals surface area contributed by atoms with Gasteiger partial charge in [0.1, 0.15) is 6.61 Å². The normalized spacial score (nSPS) is 14.7. The summed E-state index contributed by atoms with van der Waals surface area (Å²) in [5.74, 6) is -1.43. The molecule has 1 fully saturated rings. The number of benzene rings is 3. The molecular weight excluding hydrogens is 514 g/mol. The second-order valence-electron chi connectivity index (χ2n) is 11.0. The Kier molecular flexibility index (Phi) is 11.1. The first-order valence-electron chi connectivity index (χ1n) is 14.8. The molecule has 1 amide bonds. The molecule has 3 aromatic carbocycles. The summed E-state index contributed by atoms with van der Waals surface area (Å²) in [5, 5.41) is 3.03. The summed E-state index contributed by atoms with van der Waals surface area (Å²) in [6.07, 6.45) is 5.33. The largest absolute Gasteiger partial charge is 0.466 e. The first-order chi connectivity index (χ1) is 20.0. The van der Waals surface area contributed by atoms with E-state index in [-0.39, 0.29) is 37.4 Å². The lowest BCUT2D eigenvalue weighted by atomic mass is 9.81. The monoisotopic (exact) mass is 555 g/mol. The van der Waals surface area contributed by atoms with Gasteiger partial charge in [0.15, 0.2) is 0 Å². The van der Waals surface area contributed by atoms with Crippen LogP contribution in [0.1, 0.15) is 63.0 Å². The number of nitrogens with one attached hydrogen (secondary N) is 1. The maximum absolute atomic E-state index is 13.5. The zero-order valence-corrected chi connectivity index (χ0v) is 24.0. The fraction of sp³-hybridized carbons (Fsp3) is 0.400. The Labute approximate surface area is 243 Å². The van der Waals surface area contributed by atoms with Gasteiger partial charge in [0.05, 0.1) is 24.4 Å². The minimum Gasteiger partial charge on any atom is -0.466 e. The van der Waals surface area contributed by atoms with E-state index >= 15 is 0 Å². The first kappa shape index (κ1) is 30.0. The van der Waals surface area contributed by atoms with Gasteiger partial charge in [0.2, 0.25) is 5.91 Å². The third-order valence-corrected chi connectivity index (χ3v) is 7.90. The van der Waals surface area contributed by atoms with Crippen LogP contribution in [-0.2, 0) is 36.9 Å². The molecule has 0 spiro atoms. The Morgan fingerprint density at radius 3 is 2.10 bits per heavy atom. The van der Waals surface area contributed by atoms with Crippen LogP contribution >= 0.6 is 0 Å².